The van der Waals surface area contributed by atoms with Crippen LogP contribution in [0, 0.1) is 6.92 Å². The van der Waals surface area contributed by atoms with Crippen LogP contribution in [-0.2, 0) is 13.1 Å². The van der Waals surface area contributed by atoms with Gasteiger partial charge in [-0.15, -0.1) is 11.3 Å². The predicted octanol–water partition coefficient (Wildman–Crippen LogP) is 3.66. The molecule has 0 unspecified atom stereocenters. The second kappa shape index (κ2) is 7.59. The molecule has 4 heterocycles. The largest absolute Gasteiger partial charge is 0.364 e. The zero-order valence-corrected chi connectivity index (χ0v) is 15.7. The van der Waals surface area contributed by atoms with Crippen molar-refractivity contribution in [3.8, 4) is 11.3 Å². The van der Waals surface area contributed by atoms with Gasteiger partial charge in [0, 0.05) is 46.0 Å². The van der Waals surface area contributed by atoms with Crippen LogP contribution in [0.4, 0.5) is 5.82 Å². The lowest BCUT2D eigenvalue weighted by molar-refractivity contribution is 0.757. The van der Waals surface area contributed by atoms with E-state index in [0.717, 1.165) is 29.2 Å². The maximum Gasteiger partial charge on any atom is 0.251 e. The van der Waals surface area contributed by atoms with Crippen molar-refractivity contribution in [2.45, 2.75) is 20.0 Å². The van der Waals surface area contributed by atoms with E-state index < -0.39 is 0 Å². The molecule has 0 saturated carbocycles. The number of aryl methyl sites for hydroxylation is 1. The van der Waals surface area contributed by atoms with Gasteiger partial charge in [-0.05, 0) is 36.8 Å². The lowest BCUT2D eigenvalue weighted by Crippen LogP contribution is -2.19. The topological polar surface area (TPSA) is 75.6 Å². The molecule has 0 aromatic carbocycles. The summed E-state index contributed by atoms with van der Waals surface area (Å²) in [5, 5.41) is 10.6. The molecule has 0 aliphatic rings. The van der Waals surface area contributed by atoms with Crippen LogP contribution >= 0.6 is 11.3 Å². The molecule has 2 N–H and O–H groups in total. The monoisotopic (exact) mass is 377 g/mol. The predicted molar refractivity (Wildman–Crippen MR) is 108 cm³/mol. The van der Waals surface area contributed by atoms with Gasteiger partial charge in [0.05, 0.1) is 18.8 Å². The number of thiophene rings is 1. The summed E-state index contributed by atoms with van der Waals surface area (Å²) < 4.78 is 1.66. The zero-order chi connectivity index (χ0) is 18.6. The summed E-state index contributed by atoms with van der Waals surface area (Å²) in [7, 11) is 0. The SMILES string of the molecule is Cc1ccc(CNc2cc(-c3ccn(Cc4cccnc4)c(=O)c3)[nH]n2)s1. The first kappa shape index (κ1) is 17.2. The molecule has 7 heteroatoms. The molecule has 0 atom stereocenters. The quantitative estimate of drug-likeness (QED) is 0.538. The minimum atomic E-state index is -0.0606. The Labute approximate surface area is 160 Å². The molecule has 0 saturated heterocycles. The fourth-order valence-electron chi connectivity index (χ4n) is 2.81. The van der Waals surface area contributed by atoms with Gasteiger partial charge in [-0.1, -0.05) is 6.07 Å². The van der Waals surface area contributed by atoms with Crippen molar-refractivity contribution in [2.75, 3.05) is 5.32 Å². The summed E-state index contributed by atoms with van der Waals surface area (Å²) in [5.74, 6) is 0.760. The number of rotatable bonds is 6. The molecule has 6 nitrogen and oxygen atoms in total. The minimum Gasteiger partial charge on any atom is -0.364 e. The number of hydrogen-bond acceptors (Lipinski definition) is 5. The first-order valence-corrected chi connectivity index (χ1v) is 9.43. The summed E-state index contributed by atoms with van der Waals surface area (Å²) in [6.07, 6.45) is 5.29. The van der Waals surface area contributed by atoms with Crippen molar-refractivity contribution >= 4 is 17.2 Å². The molecule has 0 bridgehead atoms. The number of aromatic nitrogens is 4. The summed E-state index contributed by atoms with van der Waals surface area (Å²) in [6.45, 7) is 3.33. The number of H-pyrrole nitrogens is 1. The molecule has 27 heavy (non-hydrogen) atoms. The van der Waals surface area contributed by atoms with Crippen molar-refractivity contribution in [1.29, 1.82) is 0 Å². The Morgan fingerprint density at radius 1 is 1.22 bits per heavy atom. The van der Waals surface area contributed by atoms with Crippen LogP contribution in [0.1, 0.15) is 15.3 Å². The van der Waals surface area contributed by atoms with Gasteiger partial charge in [0.1, 0.15) is 5.82 Å². The average molecular weight is 377 g/mol. The molecule has 0 aliphatic carbocycles. The Hall–Kier alpha value is -3.19. The van der Waals surface area contributed by atoms with E-state index >= 15 is 0 Å². The second-order valence-electron chi connectivity index (χ2n) is 6.28. The highest BCUT2D eigenvalue weighted by Crippen LogP contribution is 2.20. The van der Waals surface area contributed by atoms with Crippen LogP contribution in [-0.4, -0.2) is 19.7 Å². The molecule has 0 radical (unpaired) electrons. The second-order valence-corrected chi connectivity index (χ2v) is 7.65. The third-order valence-corrected chi connectivity index (χ3v) is 5.20. The molecule has 136 valence electrons. The van der Waals surface area contributed by atoms with Crippen LogP contribution < -0.4 is 10.9 Å². The van der Waals surface area contributed by atoms with Crippen molar-refractivity contribution in [2.24, 2.45) is 0 Å². The van der Waals surface area contributed by atoms with Crippen LogP contribution in [0.5, 0.6) is 0 Å². The standard InChI is InChI=1S/C20H19N5OS/c1-14-4-5-17(27-14)12-22-19-10-18(23-24-19)16-6-8-25(20(26)9-16)13-15-3-2-7-21-11-15/h2-11H,12-13H2,1H3,(H2,22,23,24). The lowest BCUT2D eigenvalue weighted by Gasteiger charge is -2.06. The van der Waals surface area contributed by atoms with Gasteiger partial charge in [-0.25, -0.2) is 0 Å². The molecular weight excluding hydrogens is 358 g/mol. The molecular formula is C20H19N5OS. The van der Waals surface area contributed by atoms with E-state index in [0.29, 0.717) is 6.54 Å². The van der Waals surface area contributed by atoms with Crippen LogP contribution in [0.2, 0.25) is 0 Å². The lowest BCUT2D eigenvalue weighted by atomic mass is 10.2. The summed E-state index contributed by atoms with van der Waals surface area (Å²) in [5.41, 5.74) is 2.55. The van der Waals surface area contributed by atoms with Gasteiger partial charge in [0.25, 0.3) is 5.56 Å². The smallest absolute Gasteiger partial charge is 0.251 e. The number of pyridine rings is 2. The summed E-state index contributed by atoms with van der Waals surface area (Å²) >= 11 is 1.77. The molecule has 0 fully saturated rings. The van der Waals surface area contributed by atoms with E-state index in [9.17, 15) is 4.79 Å². The third-order valence-electron chi connectivity index (χ3n) is 4.20. The van der Waals surface area contributed by atoms with Crippen molar-refractivity contribution in [3.05, 3.63) is 86.7 Å². The van der Waals surface area contributed by atoms with E-state index in [2.05, 4.69) is 39.6 Å². The van der Waals surface area contributed by atoms with Crippen molar-refractivity contribution in [3.63, 3.8) is 0 Å². The van der Waals surface area contributed by atoms with E-state index in [-0.39, 0.29) is 5.56 Å². The molecule has 4 aromatic rings. The molecule has 0 amide bonds. The maximum atomic E-state index is 12.4. The van der Waals surface area contributed by atoms with Crippen molar-refractivity contribution < 1.29 is 0 Å². The first-order valence-electron chi connectivity index (χ1n) is 8.62. The Morgan fingerprint density at radius 3 is 2.89 bits per heavy atom. The van der Waals surface area contributed by atoms with Gasteiger partial charge >= 0.3 is 0 Å². The molecule has 0 aliphatic heterocycles. The Bertz CT molecular complexity index is 1100. The van der Waals surface area contributed by atoms with Crippen LogP contribution in [0.3, 0.4) is 0 Å². The van der Waals surface area contributed by atoms with Gasteiger partial charge in [-0.2, -0.15) is 5.10 Å². The van der Waals surface area contributed by atoms with E-state index in [4.69, 9.17) is 0 Å². The van der Waals surface area contributed by atoms with Gasteiger partial charge < -0.3 is 9.88 Å². The highest BCUT2D eigenvalue weighted by Gasteiger charge is 2.07. The van der Waals surface area contributed by atoms with Gasteiger partial charge in [-0.3, -0.25) is 14.9 Å². The fourth-order valence-corrected chi connectivity index (χ4v) is 3.64. The number of aromatic amines is 1. The molecule has 0 spiro atoms. The number of nitrogens with one attached hydrogen (secondary N) is 2. The average Bonchev–Trinajstić information content (AvgIpc) is 3.31. The normalized spacial score (nSPS) is 10.9. The summed E-state index contributed by atoms with van der Waals surface area (Å²) in [6, 6.07) is 13.5. The Kier molecular flexibility index (Phi) is 4.84. The number of hydrogen-bond donors (Lipinski definition) is 2. The zero-order valence-electron chi connectivity index (χ0n) is 14.8. The number of nitrogens with zero attached hydrogens (tertiary/aromatic N) is 3. The third kappa shape index (κ3) is 4.15. The molecule has 4 rings (SSSR count). The van der Waals surface area contributed by atoms with E-state index in [1.54, 1.807) is 40.6 Å². The van der Waals surface area contributed by atoms with Gasteiger partial charge in [0.15, 0.2) is 0 Å². The summed E-state index contributed by atoms with van der Waals surface area (Å²) in [4.78, 5) is 19.1. The van der Waals surface area contributed by atoms with E-state index in [1.165, 1.54) is 9.75 Å². The van der Waals surface area contributed by atoms with Crippen molar-refractivity contribution in [1.82, 2.24) is 19.7 Å². The highest BCUT2D eigenvalue weighted by atomic mass is 32.1. The Balaban J connectivity index is 1.46. The maximum absolute atomic E-state index is 12.4. The first-order chi connectivity index (χ1) is 13.2. The Morgan fingerprint density at radius 2 is 2.15 bits per heavy atom. The van der Waals surface area contributed by atoms with Gasteiger partial charge in [0.2, 0.25) is 0 Å². The van der Waals surface area contributed by atoms with Crippen LogP contribution in [0.25, 0.3) is 11.3 Å². The highest BCUT2D eigenvalue weighted by molar-refractivity contribution is 7.11. The van der Waals surface area contributed by atoms with Crippen LogP contribution in [0.15, 0.2) is 65.8 Å². The molecule has 4 aromatic heterocycles. The fraction of sp³-hybridized carbons (Fsp3) is 0.150. The number of anilines is 1. The minimum absolute atomic E-state index is 0.0606. The van der Waals surface area contributed by atoms with E-state index in [1.807, 2.05) is 24.3 Å².